The van der Waals surface area contributed by atoms with Crippen LogP contribution in [0.5, 0.6) is 0 Å². The summed E-state index contributed by atoms with van der Waals surface area (Å²) in [4.78, 5) is 11.1. The molecular weight excluding hydrogens is 250 g/mol. The summed E-state index contributed by atoms with van der Waals surface area (Å²) in [6.45, 7) is 2.36. The van der Waals surface area contributed by atoms with E-state index in [1.54, 1.807) is 11.8 Å². The highest BCUT2D eigenvalue weighted by Crippen LogP contribution is 2.41. The van der Waals surface area contributed by atoms with Crippen LogP contribution < -0.4 is 0 Å². The lowest BCUT2D eigenvalue weighted by atomic mass is 10.2. The maximum Gasteiger partial charge on any atom is 0.358 e. The summed E-state index contributed by atoms with van der Waals surface area (Å²) < 4.78 is 12.0. The van der Waals surface area contributed by atoms with Crippen molar-refractivity contribution in [2.75, 3.05) is 26.9 Å². The van der Waals surface area contributed by atoms with Crippen LogP contribution in [0.3, 0.4) is 0 Å². The van der Waals surface area contributed by atoms with Crippen LogP contribution in [0.2, 0.25) is 0 Å². The van der Waals surface area contributed by atoms with E-state index in [2.05, 4.69) is 10.3 Å². The highest BCUT2D eigenvalue weighted by atomic mass is 16.5. The van der Waals surface area contributed by atoms with Crippen molar-refractivity contribution in [2.45, 2.75) is 31.7 Å². The molecule has 0 bridgehead atoms. The van der Waals surface area contributed by atoms with Gasteiger partial charge in [0.25, 0.3) is 0 Å². The number of aromatic nitrogens is 3. The van der Waals surface area contributed by atoms with E-state index in [0.717, 1.165) is 25.0 Å². The Kier molecular flexibility index (Phi) is 4.86. The van der Waals surface area contributed by atoms with Crippen molar-refractivity contribution >= 4 is 5.97 Å². The van der Waals surface area contributed by atoms with Gasteiger partial charge in [-0.3, -0.25) is 0 Å². The van der Waals surface area contributed by atoms with Crippen LogP contribution in [-0.4, -0.2) is 53.0 Å². The van der Waals surface area contributed by atoms with Gasteiger partial charge in [0.1, 0.15) is 0 Å². The number of rotatable bonds is 9. The summed E-state index contributed by atoms with van der Waals surface area (Å²) >= 11 is 0. The van der Waals surface area contributed by atoms with Gasteiger partial charge in [-0.1, -0.05) is 5.21 Å². The Bertz CT molecular complexity index is 429. The smallest absolute Gasteiger partial charge is 0.358 e. The summed E-state index contributed by atoms with van der Waals surface area (Å²) in [6, 6.07) is 0. The zero-order chi connectivity index (χ0) is 13.7. The molecule has 106 valence electrons. The monoisotopic (exact) mass is 269 g/mol. The minimum Gasteiger partial charge on any atom is -0.476 e. The Balaban J connectivity index is 1.84. The second-order valence-corrected chi connectivity index (χ2v) is 4.58. The molecule has 1 aromatic rings. The average molecular weight is 269 g/mol. The molecule has 7 heteroatoms. The molecule has 7 nitrogen and oxygen atoms in total. The van der Waals surface area contributed by atoms with E-state index in [4.69, 9.17) is 14.6 Å². The van der Waals surface area contributed by atoms with Crippen molar-refractivity contribution in [2.24, 2.45) is 0 Å². The Labute approximate surface area is 111 Å². The van der Waals surface area contributed by atoms with Crippen LogP contribution in [0.1, 0.15) is 41.4 Å². The minimum absolute atomic E-state index is 0.0851. The van der Waals surface area contributed by atoms with Crippen LogP contribution in [0, 0.1) is 0 Å². The number of aromatic carboxylic acids is 1. The normalized spacial score (nSPS) is 14.8. The fourth-order valence-electron chi connectivity index (χ4n) is 1.96. The van der Waals surface area contributed by atoms with Crippen molar-refractivity contribution < 1.29 is 19.4 Å². The molecule has 0 aliphatic heterocycles. The molecule has 1 fully saturated rings. The molecular formula is C12H19N3O4. The lowest BCUT2D eigenvalue weighted by Gasteiger charge is -2.07. The van der Waals surface area contributed by atoms with E-state index >= 15 is 0 Å². The lowest BCUT2D eigenvalue weighted by molar-refractivity contribution is 0.0688. The van der Waals surface area contributed by atoms with E-state index in [-0.39, 0.29) is 5.69 Å². The quantitative estimate of drug-likeness (QED) is 0.670. The van der Waals surface area contributed by atoms with Gasteiger partial charge < -0.3 is 14.6 Å². The summed E-state index contributed by atoms with van der Waals surface area (Å²) in [5, 5.41) is 16.7. The number of carbonyl (C=O) groups is 1. The summed E-state index contributed by atoms with van der Waals surface area (Å²) in [7, 11) is 1.66. The molecule has 1 aliphatic rings. The highest BCUT2D eigenvalue weighted by Gasteiger charge is 2.33. The Morgan fingerprint density at radius 2 is 2.21 bits per heavy atom. The number of hydrogen-bond acceptors (Lipinski definition) is 5. The molecule has 1 aromatic heterocycles. The molecule has 19 heavy (non-hydrogen) atoms. The van der Waals surface area contributed by atoms with Gasteiger partial charge in [0.15, 0.2) is 5.69 Å². The van der Waals surface area contributed by atoms with Gasteiger partial charge >= 0.3 is 5.97 Å². The molecule has 0 radical (unpaired) electrons. The summed E-state index contributed by atoms with van der Waals surface area (Å²) in [6.07, 6.45) is 2.88. The molecule has 0 saturated heterocycles. The fraction of sp³-hybridized carbons (Fsp3) is 0.750. The van der Waals surface area contributed by atoms with Gasteiger partial charge in [-0.2, -0.15) is 0 Å². The number of nitrogens with zero attached hydrogens (tertiary/aromatic N) is 3. The van der Waals surface area contributed by atoms with Gasteiger partial charge in [-0.05, 0) is 19.3 Å². The number of methoxy groups -OCH3 is 1. The average Bonchev–Trinajstić information content (AvgIpc) is 3.14. The third kappa shape index (κ3) is 3.74. The van der Waals surface area contributed by atoms with Gasteiger partial charge in [0, 0.05) is 26.2 Å². The highest BCUT2D eigenvalue weighted by molar-refractivity contribution is 5.86. The largest absolute Gasteiger partial charge is 0.476 e. The molecule has 0 aromatic carbocycles. The minimum atomic E-state index is -1.01. The summed E-state index contributed by atoms with van der Waals surface area (Å²) in [5.74, 6) is -0.705. The number of carboxylic acids is 1. The number of hydrogen-bond donors (Lipinski definition) is 1. The predicted molar refractivity (Wildman–Crippen MR) is 66.3 cm³/mol. The predicted octanol–water partition coefficient (Wildman–Crippen LogP) is 0.907. The second kappa shape index (κ2) is 6.63. The molecule has 0 amide bonds. The first-order chi connectivity index (χ1) is 9.24. The van der Waals surface area contributed by atoms with E-state index in [9.17, 15) is 4.79 Å². The third-order valence-electron chi connectivity index (χ3n) is 3.02. The molecule has 0 atom stereocenters. The summed E-state index contributed by atoms with van der Waals surface area (Å²) in [5.41, 5.74) is 0.829. The zero-order valence-electron chi connectivity index (χ0n) is 11.0. The van der Waals surface area contributed by atoms with Crippen molar-refractivity contribution in [3.63, 3.8) is 0 Å². The zero-order valence-corrected chi connectivity index (χ0v) is 11.0. The van der Waals surface area contributed by atoms with Crippen LogP contribution in [0.15, 0.2) is 0 Å². The van der Waals surface area contributed by atoms with Crippen LogP contribution in [-0.2, 0) is 16.0 Å². The molecule has 1 heterocycles. The van der Waals surface area contributed by atoms with Crippen molar-refractivity contribution in [1.29, 1.82) is 0 Å². The molecule has 1 N–H and O–H groups in total. The van der Waals surface area contributed by atoms with Crippen molar-refractivity contribution in [3.8, 4) is 0 Å². The van der Waals surface area contributed by atoms with Gasteiger partial charge in [-0.25, -0.2) is 9.48 Å². The molecule has 1 aliphatic carbocycles. The van der Waals surface area contributed by atoms with Crippen molar-refractivity contribution in [3.05, 3.63) is 11.4 Å². The van der Waals surface area contributed by atoms with E-state index in [0.29, 0.717) is 32.3 Å². The Hall–Kier alpha value is -1.47. The standard InChI is InChI=1S/C12H19N3O4/c1-18-6-2-7-19-8-5-15-11(9-3-4-9)10(12(16)17)13-14-15/h9H,2-8H2,1H3,(H,16,17). The van der Waals surface area contributed by atoms with E-state index in [1.807, 2.05) is 0 Å². The molecule has 0 unspecified atom stereocenters. The van der Waals surface area contributed by atoms with Gasteiger partial charge in [-0.15, -0.1) is 5.10 Å². The van der Waals surface area contributed by atoms with E-state index in [1.165, 1.54) is 0 Å². The second-order valence-electron chi connectivity index (χ2n) is 4.58. The topological polar surface area (TPSA) is 86.5 Å². The molecule has 0 spiro atoms. The number of carboxylic acid groups (broad SMARTS) is 1. The first-order valence-corrected chi connectivity index (χ1v) is 6.47. The molecule has 2 rings (SSSR count). The maximum absolute atomic E-state index is 11.1. The van der Waals surface area contributed by atoms with Crippen molar-refractivity contribution in [1.82, 2.24) is 15.0 Å². The van der Waals surface area contributed by atoms with Gasteiger partial charge in [0.2, 0.25) is 0 Å². The first kappa shape index (κ1) is 14.0. The third-order valence-corrected chi connectivity index (χ3v) is 3.02. The Morgan fingerprint density at radius 3 is 2.84 bits per heavy atom. The fourth-order valence-corrected chi connectivity index (χ4v) is 1.96. The van der Waals surface area contributed by atoms with Gasteiger partial charge in [0.05, 0.1) is 18.8 Å². The first-order valence-electron chi connectivity index (χ1n) is 6.47. The van der Waals surface area contributed by atoms with Crippen LogP contribution >= 0.6 is 0 Å². The lowest BCUT2D eigenvalue weighted by Crippen LogP contribution is -2.12. The maximum atomic E-state index is 11.1. The Morgan fingerprint density at radius 1 is 1.42 bits per heavy atom. The van der Waals surface area contributed by atoms with Crippen LogP contribution in [0.4, 0.5) is 0 Å². The SMILES string of the molecule is COCCCOCCn1nnc(C(=O)O)c1C1CC1. The molecule has 1 saturated carbocycles. The van der Waals surface area contributed by atoms with E-state index < -0.39 is 5.97 Å². The van der Waals surface area contributed by atoms with Crippen LogP contribution in [0.25, 0.3) is 0 Å². The number of ether oxygens (including phenoxy) is 2.